The molecule has 2 nitrogen and oxygen atoms in total. The Kier molecular flexibility index (Phi) is 4.57. The molecule has 1 aromatic rings. The van der Waals surface area contributed by atoms with Gasteiger partial charge in [0.25, 0.3) is 0 Å². The average Bonchev–Trinajstić information content (AvgIpc) is 3.14. The van der Waals surface area contributed by atoms with E-state index in [4.69, 9.17) is 5.73 Å². The van der Waals surface area contributed by atoms with E-state index in [0.717, 1.165) is 0 Å². The summed E-state index contributed by atoms with van der Waals surface area (Å²) in [4.78, 5) is 2.70. The van der Waals surface area contributed by atoms with E-state index in [0.29, 0.717) is 23.8 Å². The molecule has 154 valence electrons. The Labute approximate surface area is 179 Å². The monoisotopic (exact) mass is 396 g/mol. The summed E-state index contributed by atoms with van der Waals surface area (Å²) in [6, 6.07) is 9.61. The summed E-state index contributed by atoms with van der Waals surface area (Å²) in [5, 5.41) is 2.94. The van der Waals surface area contributed by atoms with Gasteiger partial charge in [-0.05, 0) is 67.4 Å². The smallest absolute Gasteiger partial charge is 0.0521 e. The maximum absolute atomic E-state index is 6.61. The number of nitrogens with zero attached hydrogens (tertiary/aromatic N) is 1. The molecule has 0 aromatic heterocycles. The molecule has 5 aliphatic rings. The van der Waals surface area contributed by atoms with Crippen LogP contribution in [0.3, 0.4) is 0 Å². The van der Waals surface area contributed by atoms with Crippen LogP contribution in [-0.2, 0) is 0 Å². The van der Waals surface area contributed by atoms with Gasteiger partial charge in [-0.2, -0.15) is 0 Å². The van der Waals surface area contributed by atoms with Crippen LogP contribution in [-0.4, -0.2) is 17.0 Å². The Morgan fingerprint density at radius 2 is 1.93 bits per heavy atom. The first-order valence-corrected chi connectivity index (χ1v) is 11.9. The van der Waals surface area contributed by atoms with E-state index in [2.05, 4.69) is 71.7 Å². The van der Waals surface area contributed by atoms with Gasteiger partial charge in [0.2, 0.25) is 0 Å². The predicted molar refractivity (Wildman–Crippen MR) is 124 cm³/mol. The maximum Gasteiger partial charge on any atom is 0.0521 e. The van der Waals surface area contributed by atoms with Gasteiger partial charge in [-0.25, -0.2) is 0 Å². The Balaban J connectivity index is 1.38. The quantitative estimate of drug-likeness (QED) is 0.761. The molecule has 0 radical (unpaired) electrons. The lowest BCUT2D eigenvalue weighted by Gasteiger charge is -2.37. The van der Waals surface area contributed by atoms with Gasteiger partial charge in [-0.1, -0.05) is 66.3 Å². The molecule has 0 amide bonds. The molecule has 1 saturated heterocycles. The van der Waals surface area contributed by atoms with E-state index >= 15 is 0 Å². The van der Waals surface area contributed by atoms with Crippen molar-refractivity contribution in [2.45, 2.75) is 57.0 Å². The highest BCUT2D eigenvalue weighted by atomic mass is 15.2. The minimum absolute atomic E-state index is 0.153. The standard InChI is InChI=1S/C28H32N2/c29-25-15-7-17-27-28(25)24-13-3-4-16-26(24)30(27)21-11-5-10-20(18-21)23-14-6-9-19-8-1-2-12-22(19)23/h1-2,5,7-9,11-12,15-17,20-21,24-25,28H,3-4,6,10,13-14,18,29H2. The molecule has 1 heterocycles. The van der Waals surface area contributed by atoms with Crippen molar-refractivity contribution in [2.75, 3.05) is 0 Å². The number of nitrogens with two attached hydrogens (primary N) is 1. The second-order valence-electron chi connectivity index (χ2n) is 9.64. The molecule has 30 heavy (non-hydrogen) atoms. The average molecular weight is 397 g/mol. The van der Waals surface area contributed by atoms with Gasteiger partial charge < -0.3 is 10.6 Å². The van der Waals surface area contributed by atoms with Crippen molar-refractivity contribution >= 4 is 11.6 Å². The summed E-state index contributed by atoms with van der Waals surface area (Å²) in [7, 11) is 0. The van der Waals surface area contributed by atoms with Crippen molar-refractivity contribution in [1.29, 1.82) is 0 Å². The van der Waals surface area contributed by atoms with Crippen LogP contribution in [0.4, 0.5) is 0 Å². The first-order valence-electron chi connectivity index (χ1n) is 11.9. The van der Waals surface area contributed by atoms with Crippen LogP contribution in [0.1, 0.15) is 44.9 Å². The summed E-state index contributed by atoms with van der Waals surface area (Å²) in [5.74, 6) is 1.72. The lowest BCUT2D eigenvalue weighted by Crippen LogP contribution is -2.38. The molecule has 5 atom stereocenters. The summed E-state index contributed by atoms with van der Waals surface area (Å²) in [5.41, 5.74) is 11.3. The molecule has 0 spiro atoms. The van der Waals surface area contributed by atoms with Gasteiger partial charge in [-0.3, -0.25) is 0 Å². The van der Waals surface area contributed by atoms with E-state index in [1.165, 1.54) is 61.1 Å². The Morgan fingerprint density at radius 3 is 2.90 bits per heavy atom. The maximum atomic E-state index is 6.61. The number of hydrogen-bond donors (Lipinski definition) is 1. The van der Waals surface area contributed by atoms with Crippen molar-refractivity contribution in [3.05, 3.63) is 82.6 Å². The molecule has 0 bridgehead atoms. The zero-order chi connectivity index (χ0) is 20.1. The molecule has 1 fully saturated rings. The lowest BCUT2D eigenvalue weighted by atomic mass is 9.79. The largest absolute Gasteiger partial charge is 0.341 e. The van der Waals surface area contributed by atoms with Crippen molar-refractivity contribution in [3.8, 4) is 0 Å². The Hall–Kier alpha value is -2.32. The van der Waals surface area contributed by atoms with Crippen molar-refractivity contribution < 1.29 is 0 Å². The third kappa shape index (κ3) is 2.88. The highest BCUT2D eigenvalue weighted by Crippen LogP contribution is 2.51. The normalized spacial score (nSPS) is 34.5. The van der Waals surface area contributed by atoms with Gasteiger partial charge in [0.1, 0.15) is 0 Å². The van der Waals surface area contributed by atoms with Crippen LogP contribution in [0.25, 0.3) is 11.6 Å². The zero-order valence-electron chi connectivity index (χ0n) is 17.7. The van der Waals surface area contributed by atoms with Gasteiger partial charge in [0.05, 0.1) is 6.04 Å². The van der Waals surface area contributed by atoms with Crippen molar-refractivity contribution in [3.63, 3.8) is 0 Å². The molecule has 1 aromatic carbocycles. The zero-order valence-corrected chi connectivity index (χ0v) is 17.7. The van der Waals surface area contributed by atoms with Crippen LogP contribution < -0.4 is 16.2 Å². The molecule has 2 heteroatoms. The molecule has 2 N–H and O–H groups in total. The Morgan fingerprint density at radius 1 is 1.00 bits per heavy atom. The van der Waals surface area contributed by atoms with Crippen LogP contribution >= 0.6 is 0 Å². The topological polar surface area (TPSA) is 29.3 Å². The number of rotatable bonds is 2. The third-order valence-electron chi connectivity index (χ3n) is 8.01. The highest BCUT2D eigenvalue weighted by molar-refractivity contribution is 5.54. The number of benzene rings is 1. The van der Waals surface area contributed by atoms with Crippen LogP contribution in [0.2, 0.25) is 0 Å². The van der Waals surface area contributed by atoms with Gasteiger partial charge in [0, 0.05) is 29.3 Å². The minimum atomic E-state index is 0.153. The van der Waals surface area contributed by atoms with Gasteiger partial charge >= 0.3 is 0 Å². The van der Waals surface area contributed by atoms with E-state index < -0.39 is 0 Å². The second kappa shape index (κ2) is 7.42. The Bertz CT molecular complexity index is 1090. The van der Waals surface area contributed by atoms with Crippen molar-refractivity contribution in [2.24, 2.45) is 23.5 Å². The number of likely N-dealkylation sites (tertiary alicyclic amines) is 1. The van der Waals surface area contributed by atoms with E-state index in [-0.39, 0.29) is 6.04 Å². The molecule has 5 unspecified atom stereocenters. The molecular weight excluding hydrogens is 364 g/mol. The summed E-state index contributed by atoms with van der Waals surface area (Å²) in [6.45, 7) is 0. The van der Waals surface area contributed by atoms with Gasteiger partial charge in [0.15, 0.2) is 0 Å². The fourth-order valence-corrected chi connectivity index (χ4v) is 6.74. The summed E-state index contributed by atoms with van der Waals surface area (Å²) in [6.07, 6.45) is 25.2. The second-order valence-corrected chi connectivity index (χ2v) is 9.64. The molecule has 6 rings (SSSR count). The SMILES string of the molecule is NC1C=CC=C2C1C1CCCC=C1N2C1C=CCC(C2=c3ccccc3=CCC2)C1. The first kappa shape index (κ1) is 18.4. The van der Waals surface area contributed by atoms with Gasteiger partial charge in [-0.15, -0.1) is 0 Å². The fraction of sp³-hybridized carbons (Fsp3) is 0.429. The summed E-state index contributed by atoms with van der Waals surface area (Å²) < 4.78 is 0. The van der Waals surface area contributed by atoms with Crippen LogP contribution in [0, 0.1) is 17.8 Å². The predicted octanol–water partition coefficient (Wildman–Crippen LogP) is 4.14. The number of hydrogen-bond acceptors (Lipinski definition) is 2. The fourth-order valence-electron chi connectivity index (χ4n) is 6.74. The number of fused-ring (bicyclic) bond motifs is 4. The van der Waals surface area contributed by atoms with Crippen LogP contribution in [0.15, 0.2) is 72.1 Å². The molecule has 4 aliphatic carbocycles. The third-order valence-corrected chi connectivity index (χ3v) is 8.01. The number of allylic oxidation sites excluding steroid dienone is 5. The van der Waals surface area contributed by atoms with E-state index in [1.807, 2.05) is 0 Å². The molecule has 1 aliphatic heterocycles. The van der Waals surface area contributed by atoms with Crippen LogP contribution in [0.5, 0.6) is 0 Å². The highest BCUT2D eigenvalue weighted by Gasteiger charge is 2.47. The first-order chi connectivity index (χ1) is 14.8. The van der Waals surface area contributed by atoms with E-state index in [1.54, 1.807) is 11.3 Å². The lowest BCUT2D eigenvalue weighted by molar-refractivity contribution is 0.314. The minimum Gasteiger partial charge on any atom is -0.341 e. The summed E-state index contributed by atoms with van der Waals surface area (Å²) >= 11 is 0. The van der Waals surface area contributed by atoms with E-state index in [9.17, 15) is 0 Å². The molecular formula is C28H32N2. The molecule has 0 saturated carbocycles. The van der Waals surface area contributed by atoms with Crippen molar-refractivity contribution in [1.82, 2.24) is 4.90 Å².